The maximum atomic E-state index is 10.9. The van der Waals surface area contributed by atoms with Crippen LogP contribution in [0.5, 0.6) is 5.75 Å². The summed E-state index contributed by atoms with van der Waals surface area (Å²) in [5, 5.41) is 21.3. The molecule has 0 aliphatic carbocycles. The number of nitrogens with two attached hydrogens (primary N) is 1. The molecular formula is C13H16N2O3. The van der Waals surface area contributed by atoms with Crippen LogP contribution >= 0.6 is 0 Å². The highest BCUT2D eigenvalue weighted by molar-refractivity contribution is 5.91. The zero-order valence-corrected chi connectivity index (χ0v) is 10.3. The van der Waals surface area contributed by atoms with Gasteiger partial charge in [0.05, 0.1) is 5.57 Å². The van der Waals surface area contributed by atoms with Crippen molar-refractivity contribution in [2.75, 3.05) is 5.32 Å². The number of benzene rings is 1. The van der Waals surface area contributed by atoms with Crippen molar-refractivity contribution >= 4 is 11.7 Å². The number of rotatable bonds is 4. The number of aliphatic carboxylic acids is 1. The van der Waals surface area contributed by atoms with Gasteiger partial charge in [-0.1, -0.05) is 18.7 Å². The Morgan fingerprint density at radius 1 is 1.44 bits per heavy atom. The molecule has 18 heavy (non-hydrogen) atoms. The van der Waals surface area contributed by atoms with Crippen molar-refractivity contribution in [2.24, 2.45) is 5.73 Å². The summed E-state index contributed by atoms with van der Waals surface area (Å²) in [5.41, 5.74) is 7.61. The Bertz CT molecular complexity index is 533. The van der Waals surface area contributed by atoms with Gasteiger partial charge in [-0.05, 0) is 25.5 Å². The number of phenolic OH excluding ortho intramolecular Hbond substituents is 1. The number of anilines is 1. The summed E-state index contributed by atoms with van der Waals surface area (Å²) in [5.74, 6) is -1.06. The molecule has 0 aliphatic rings. The molecule has 0 aromatic heterocycles. The van der Waals surface area contributed by atoms with Gasteiger partial charge < -0.3 is 21.3 Å². The zero-order valence-electron chi connectivity index (χ0n) is 10.3. The van der Waals surface area contributed by atoms with E-state index in [0.717, 1.165) is 11.6 Å². The van der Waals surface area contributed by atoms with Gasteiger partial charge in [0.2, 0.25) is 0 Å². The van der Waals surface area contributed by atoms with Crippen LogP contribution < -0.4 is 11.1 Å². The number of aromatic hydroxyl groups is 1. The highest BCUT2D eigenvalue weighted by atomic mass is 16.4. The molecule has 1 rings (SSSR count). The van der Waals surface area contributed by atoms with Gasteiger partial charge in [0, 0.05) is 11.3 Å². The third-order valence-electron chi connectivity index (χ3n) is 2.63. The molecule has 0 amide bonds. The molecule has 0 spiro atoms. The van der Waals surface area contributed by atoms with Crippen LogP contribution in [0.2, 0.25) is 0 Å². The van der Waals surface area contributed by atoms with Gasteiger partial charge in [-0.15, -0.1) is 0 Å². The monoisotopic (exact) mass is 248 g/mol. The number of aryl methyl sites for hydroxylation is 1. The van der Waals surface area contributed by atoms with E-state index < -0.39 is 5.97 Å². The van der Waals surface area contributed by atoms with Gasteiger partial charge in [-0.25, -0.2) is 4.79 Å². The summed E-state index contributed by atoms with van der Waals surface area (Å²) in [6.45, 7) is 6.94. The highest BCUT2D eigenvalue weighted by Crippen LogP contribution is 2.28. The molecular weight excluding hydrogens is 232 g/mol. The quantitative estimate of drug-likeness (QED) is 0.482. The number of nitrogens with one attached hydrogen (secondary N) is 1. The molecule has 0 unspecified atom stereocenters. The number of phenols is 1. The first-order chi connectivity index (χ1) is 8.38. The Hall–Kier alpha value is -2.43. The smallest absolute Gasteiger partial charge is 0.339 e. The van der Waals surface area contributed by atoms with Crippen molar-refractivity contribution in [3.8, 4) is 5.75 Å². The summed E-state index contributed by atoms with van der Waals surface area (Å²) >= 11 is 0. The molecule has 1 aromatic carbocycles. The molecule has 0 radical (unpaired) electrons. The van der Waals surface area contributed by atoms with Crippen LogP contribution in [-0.4, -0.2) is 16.2 Å². The second-order valence-corrected chi connectivity index (χ2v) is 3.86. The van der Waals surface area contributed by atoms with E-state index in [2.05, 4.69) is 11.9 Å². The summed E-state index contributed by atoms with van der Waals surface area (Å²) in [7, 11) is 0. The molecule has 1 aromatic rings. The SMILES string of the molecule is C=C/C(C(=O)O)=C(/N)Nc1c(C)ccc(O)c1C. The molecule has 5 heteroatoms. The lowest BCUT2D eigenvalue weighted by atomic mass is 10.1. The minimum Gasteiger partial charge on any atom is -0.508 e. The summed E-state index contributed by atoms with van der Waals surface area (Å²) in [4.78, 5) is 10.9. The van der Waals surface area contributed by atoms with Gasteiger partial charge in [0.25, 0.3) is 0 Å². The van der Waals surface area contributed by atoms with Gasteiger partial charge in [0.1, 0.15) is 11.6 Å². The van der Waals surface area contributed by atoms with Crippen molar-refractivity contribution in [3.05, 3.63) is 47.3 Å². The molecule has 0 atom stereocenters. The number of carboxylic acid groups (broad SMARTS) is 1. The summed E-state index contributed by atoms with van der Waals surface area (Å²) in [6.07, 6.45) is 1.16. The first-order valence-corrected chi connectivity index (χ1v) is 5.30. The van der Waals surface area contributed by atoms with Crippen molar-refractivity contribution in [2.45, 2.75) is 13.8 Å². The topological polar surface area (TPSA) is 95.6 Å². The van der Waals surface area contributed by atoms with E-state index >= 15 is 0 Å². The first-order valence-electron chi connectivity index (χ1n) is 5.30. The predicted octanol–water partition coefficient (Wildman–Crippen LogP) is 1.86. The maximum Gasteiger partial charge on any atom is 0.339 e. The second kappa shape index (κ2) is 5.27. The van der Waals surface area contributed by atoms with Crippen molar-refractivity contribution in [3.63, 3.8) is 0 Å². The predicted molar refractivity (Wildman–Crippen MR) is 70.2 cm³/mol. The van der Waals surface area contributed by atoms with Gasteiger partial charge in [-0.2, -0.15) is 0 Å². The fraction of sp³-hybridized carbons (Fsp3) is 0.154. The van der Waals surface area contributed by atoms with Crippen LogP contribution in [0.25, 0.3) is 0 Å². The Balaban J connectivity index is 3.24. The van der Waals surface area contributed by atoms with Gasteiger partial charge >= 0.3 is 5.97 Å². The lowest BCUT2D eigenvalue weighted by Gasteiger charge is -2.14. The van der Waals surface area contributed by atoms with Crippen LogP contribution in [0.3, 0.4) is 0 Å². The molecule has 0 heterocycles. The number of carbonyl (C=O) groups is 1. The molecule has 0 aliphatic heterocycles. The molecule has 0 saturated heterocycles. The van der Waals surface area contributed by atoms with Crippen molar-refractivity contribution < 1.29 is 15.0 Å². The normalized spacial score (nSPS) is 11.7. The number of carboxylic acids is 1. The Labute approximate surface area is 105 Å². The third-order valence-corrected chi connectivity index (χ3v) is 2.63. The lowest BCUT2D eigenvalue weighted by Crippen LogP contribution is -2.17. The average Bonchev–Trinajstić information content (AvgIpc) is 2.30. The van der Waals surface area contributed by atoms with Crippen molar-refractivity contribution in [1.82, 2.24) is 0 Å². The van der Waals surface area contributed by atoms with Crippen LogP contribution in [0.1, 0.15) is 11.1 Å². The minimum absolute atomic E-state index is 0.0192. The molecule has 5 nitrogen and oxygen atoms in total. The van der Waals surface area contributed by atoms with Crippen LogP contribution in [0, 0.1) is 13.8 Å². The number of hydrogen-bond acceptors (Lipinski definition) is 4. The maximum absolute atomic E-state index is 10.9. The summed E-state index contributed by atoms with van der Waals surface area (Å²) < 4.78 is 0. The second-order valence-electron chi connectivity index (χ2n) is 3.86. The average molecular weight is 248 g/mol. The molecule has 5 N–H and O–H groups in total. The standard InChI is InChI=1S/C13H16N2O3/c1-4-9(13(17)18)12(14)15-11-7(2)5-6-10(16)8(11)3/h4-6,15-16H,1,14H2,2-3H3,(H,17,18)/b12-9+. The van der Waals surface area contributed by atoms with E-state index in [1.165, 1.54) is 0 Å². The van der Waals surface area contributed by atoms with Crippen LogP contribution in [-0.2, 0) is 4.79 Å². The third kappa shape index (κ3) is 2.63. The van der Waals surface area contributed by atoms with E-state index in [-0.39, 0.29) is 17.1 Å². The Morgan fingerprint density at radius 2 is 2.06 bits per heavy atom. The van der Waals surface area contributed by atoms with E-state index in [4.69, 9.17) is 10.8 Å². The molecule has 0 saturated carbocycles. The van der Waals surface area contributed by atoms with E-state index in [1.54, 1.807) is 19.1 Å². The van der Waals surface area contributed by atoms with Gasteiger partial charge in [-0.3, -0.25) is 0 Å². The fourth-order valence-corrected chi connectivity index (χ4v) is 1.54. The molecule has 0 bridgehead atoms. The van der Waals surface area contributed by atoms with Gasteiger partial charge in [0.15, 0.2) is 0 Å². The molecule has 0 fully saturated rings. The van der Waals surface area contributed by atoms with Crippen LogP contribution in [0.15, 0.2) is 36.2 Å². The minimum atomic E-state index is -1.16. The highest BCUT2D eigenvalue weighted by Gasteiger charge is 2.12. The lowest BCUT2D eigenvalue weighted by molar-refractivity contribution is -0.132. The Kier molecular flexibility index (Phi) is 3.99. The van der Waals surface area contributed by atoms with E-state index in [9.17, 15) is 9.90 Å². The Morgan fingerprint density at radius 3 is 2.56 bits per heavy atom. The van der Waals surface area contributed by atoms with Crippen LogP contribution in [0.4, 0.5) is 5.69 Å². The van der Waals surface area contributed by atoms with Crippen molar-refractivity contribution in [1.29, 1.82) is 0 Å². The van der Waals surface area contributed by atoms with E-state index in [1.807, 2.05) is 6.92 Å². The fourth-order valence-electron chi connectivity index (χ4n) is 1.54. The first kappa shape index (κ1) is 13.6. The van der Waals surface area contributed by atoms with E-state index in [0.29, 0.717) is 11.3 Å². The molecule has 96 valence electrons. The number of hydrogen-bond donors (Lipinski definition) is 4. The zero-order chi connectivity index (χ0) is 13.9. The summed E-state index contributed by atoms with van der Waals surface area (Å²) in [6, 6.07) is 3.29. The largest absolute Gasteiger partial charge is 0.508 e.